The fourth-order valence-electron chi connectivity index (χ4n) is 3.82. The lowest BCUT2D eigenvalue weighted by Crippen LogP contribution is -2.44. The van der Waals surface area contributed by atoms with Gasteiger partial charge in [0.05, 0.1) is 0 Å². The molecule has 1 aliphatic heterocycles. The largest absolute Gasteiger partial charge is 0.337 e. The first-order valence-electron chi connectivity index (χ1n) is 8.17. The number of amides is 1. The van der Waals surface area contributed by atoms with E-state index in [2.05, 4.69) is 4.98 Å². The first-order chi connectivity index (χ1) is 10.2. The summed E-state index contributed by atoms with van der Waals surface area (Å²) in [6.07, 6.45) is 10.9. The molecule has 1 amide bonds. The van der Waals surface area contributed by atoms with Gasteiger partial charge in [-0.3, -0.25) is 9.78 Å². The van der Waals surface area contributed by atoms with Crippen LogP contribution in [0.5, 0.6) is 0 Å². The van der Waals surface area contributed by atoms with Gasteiger partial charge in [0.15, 0.2) is 0 Å². The Balaban J connectivity index is 1.61. The number of hydrogen-bond donors (Lipinski definition) is 1. The molecule has 4 nitrogen and oxygen atoms in total. The van der Waals surface area contributed by atoms with Gasteiger partial charge in [0.2, 0.25) is 0 Å². The lowest BCUT2D eigenvalue weighted by Gasteiger charge is -2.44. The highest BCUT2D eigenvalue weighted by atomic mass is 16.2. The molecule has 1 aromatic heterocycles. The molecule has 1 saturated heterocycles. The fourth-order valence-corrected chi connectivity index (χ4v) is 3.82. The standard InChI is InChI=1S/C17H25N3O/c18-12-14-4-5-15(19-13-14)16(21)20-10-8-17(9-11-20)6-2-1-3-7-17/h4-5,13H,1-3,6-12,18H2. The molecule has 0 aromatic carbocycles. The average molecular weight is 287 g/mol. The summed E-state index contributed by atoms with van der Waals surface area (Å²) in [5.74, 6) is 0.0734. The molecule has 1 aromatic rings. The van der Waals surface area contributed by atoms with Gasteiger partial charge >= 0.3 is 0 Å². The number of carbonyl (C=O) groups is 1. The van der Waals surface area contributed by atoms with Crippen LogP contribution in [-0.2, 0) is 6.54 Å². The van der Waals surface area contributed by atoms with Gasteiger partial charge in [-0.15, -0.1) is 0 Å². The van der Waals surface area contributed by atoms with E-state index in [0.29, 0.717) is 17.7 Å². The molecule has 2 heterocycles. The Morgan fingerprint density at radius 1 is 1.14 bits per heavy atom. The van der Waals surface area contributed by atoms with Crippen LogP contribution in [0.4, 0.5) is 0 Å². The van der Waals surface area contributed by atoms with Gasteiger partial charge in [0, 0.05) is 25.8 Å². The van der Waals surface area contributed by atoms with Crippen LogP contribution in [0.3, 0.4) is 0 Å². The van der Waals surface area contributed by atoms with Gasteiger partial charge in [-0.05, 0) is 42.7 Å². The maximum Gasteiger partial charge on any atom is 0.272 e. The minimum Gasteiger partial charge on any atom is -0.337 e. The maximum atomic E-state index is 12.5. The molecule has 1 aliphatic carbocycles. The number of likely N-dealkylation sites (tertiary alicyclic amines) is 1. The number of nitrogens with zero attached hydrogens (tertiary/aromatic N) is 2. The number of pyridine rings is 1. The fraction of sp³-hybridized carbons (Fsp3) is 0.647. The highest BCUT2D eigenvalue weighted by molar-refractivity contribution is 5.92. The van der Waals surface area contributed by atoms with Gasteiger partial charge < -0.3 is 10.6 Å². The summed E-state index contributed by atoms with van der Waals surface area (Å²) in [5, 5.41) is 0. The summed E-state index contributed by atoms with van der Waals surface area (Å²) < 4.78 is 0. The maximum absolute atomic E-state index is 12.5. The second-order valence-corrected chi connectivity index (χ2v) is 6.61. The number of piperidine rings is 1. The second kappa shape index (κ2) is 6.14. The van der Waals surface area contributed by atoms with Crippen molar-refractivity contribution in [2.75, 3.05) is 13.1 Å². The number of hydrogen-bond acceptors (Lipinski definition) is 3. The van der Waals surface area contributed by atoms with Crippen LogP contribution in [0.15, 0.2) is 18.3 Å². The van der Waals surface area contributed by atoms with E-state index in [9.17, 15) is 4.79 Å². The molecule has 1 saturated carbocycles. The van der Waals surface area contributed by atoms with E-state index in [1.54, 1.807) is 12.3 Å². The predicted molar refractivity (Wildman–Crippen MR) is 82.8 cm³/mol. The number of aromatic nitrogens is 1. The van der Waals surface area contributed by atoms with Crippen molar-refractivity contribution >= 4 is 5.91 Å². The molecule has 114 valence electrons. The summed E-state index contributed by atoms with van der Waals surface area (Å²) in [6.45, 7) is 2.24. The van der Waals surface area contributed by atoms with E-state index in [1.807, 2.05) is 11.0 Å². The Bertz CT molecular complexity index is 481. The zero-order valence-corrected chi connectivity index (χ0v) is 12.7. The van der Waals surface area contributed by atoms with E-state index >= 15 is 0 Å². The van der Waals surface area contributed by atoms with Crippen molar-refractivity contribution in [1.82, 2.24) is 9.88 Å². The van der Waals surface area contributed by atoms with E-state index in [-0.39, 0.29) is 5.91 Å². The Labute approximate surface area is 126 Å². The number of carbonyl (C=O) groups excluding carboxylic acids is 1. The van der Waals surface area contributed by atoms with Crippen molar-refractivity contribution in [3.63, 3.8) is 0 Å². The van der Waals surface area contributed by atoms with Crippen LogP contribution in [-0.4, -0.2) is 28.9 Å². The van der Waals surface area contributed by atoms with Crippen LogP contribution in [0.2, 0.25) is 0 Å². The minimum absolute atomic E-state index is 0.0734. The first kappa shape index (κ1) is 14.5. The van der Waals surface area contributed by atoms with Gasteiger partial charge in [0.25, 0.3) is 5.91 Å². The quantitative estimate of drug-likeness (QED) is 0.910. The summed E-state index contributed by atoms with van der Waals surface area (Å²) in [5.41, 5.74) is 7.61. The summed E-state index contributed by atoms with van der Waals surface area (Å²) in [4.78, 5) is 18.7. The predicted octanol–water partition coefficient (Wildman–Crippen LogP) is 2.73. The average Bonchev–Trinajstić information content (AvgIpc) is 2.56. The molecule has 3 rings (SSSR count). The van der Waals surface area contributed by atoms with Crippen molar-refractivity contribution < 1.29 is 4.79 Å². The van der Waals surface area contributed by atoms with E-state index in [0.717, 1.165) is 18.7 Å². The number of nitrogens with two attached hydrogens (primary N) is 1. The highest BCUT2D eigenvalue weighted by Crippen LogP contribution is 2.44. The van der Waals surface area contributed by atoms with Crippen molar-refractivity contribution in [3.05, 3.63) is 29.6 Å². The molecule has 0 radical (unpaired) electrons. The molecular weight excluding hydrogens is 262 g/mol. The van der Waals surface area contributed by atoms with E-state index in [4.69, 9.17) is 5.73 Å². The summed E-state index contributed by atoms with van der Waals surface area (Å²) >= 11 is 0. The Kier molecular flexibility index (Phi) is 4.24. The lowest BCUT2D eigenvalue weighted by atomic mass is 9.68. The third-order valence-corrected chi connectivity index (χ3v) is 5.31. The van der Waals surface area contributed by atoms with Gasteiger partial charge in [0.1, 0.15) is 5.69 Å². The van der Waals surface area contributed by atoms with Gasteiger partial charge in [-0.2, -0.15) is 0 Å². The second-order valence-electron chi connectivity index (χ2n) is 6.61. The van der Waals surface area contributed by atoms with Crippen molar-refractivity contribution in [2.45, 2.75) is 51.5 Å². The zero-order chi connectivity index (χ0) is 14.7. The minimum atomic E-state index is 0.0734. The Morgan fingerprint density at radius 2 is 1.86 bits per heavy atom. The summed E-state index contributed by atoms with van der Waals surface area (Å²) in [6, 6.07) is 3.70. The van der Waals surface area contributed by atoms with Gasteiger partial charge in [-0.1, -0.05) is 25.3 Å². The third-order valence-electron chi connectivity index (χ3n) is 5.31. The SMILES string of the molecule is NCc1ccc(C(=O)N2CCC3(CCCCC3)CC2)nc1. The molecule has 0 bridgehead atoms. The third kappa shape index (κ3) is 3.10. The van der Waals surface area contributed by atoms with Crippen LogP contribution < -0.4 is 5.73 Å². The van der Waals surface area contributed by atoms with Crippen molar-refractivity contribution in [2.24, 2.45) is 11.1 Å². The topological polar surface area (TPSA) is 59.2 Å². The van der Waals surface area contributed by atoms with Crippen molar-refractivity contribution in [3.8, 4) is 0 Å². The molecule has 2 fully saturated rings. The van der Waals surface area contributed by atoms with E-state index < -0.39 is 0 Å². The van der Waals surface area contributed by atoms with Crippen LogP contribution >= 0.6 is 0 Å². The van der Waals surface area contributed by atoms with Crippen LogP contribution in [0.25, 0.3) is 0 Å². The zero-order valence-electron chi connectivity index (χ0n) is 12.7. The molecule has 4 heteroatoms. The Morgan fingerprint density at radius 3 is 2.43 bits per heavy atom. The Hall–Kier alpha value is -1.42. The van der Waals surface area contributed by atoms with Crippen molar-refractivity contribution in [1.29, 1.82) is 0 Å². The molecule has 2 N–H and O–H groups in total. The lowest BCUT2D eigenvalue weighted by molar-refractivity contribution is 0.0467. The van der Waals surface area contributed by atoms with Crippen LogP contribution in [0, 0.1) is 5.41 Å². The normalized spacial score (nSPS) is 21.5. The van der Waals surface area contributed by atoms with E-state index in [1.165, 1.54) is 44.9 Å². The summed E-state index contributed by atoms with van der Waals surface area (Å²) in [7, 11) is 0. The molecular formula is C17H25N3O. The smallest absolute Gasteiger partial charge is 0.272 e. The molecule has 2 aliphatic rings. The molecule has 0 unspecified atom stereocenters. The van der Waals surface area contributed by atoms with Crippen LogP contribution in [0.1, 0.15) is 61.0 Å². The number of rotatable bonds is 2. The highest BCUT2D eigenvalue weighted by Gasteiger charge is 2.36. The monoisotopic (exact) mass is 287 g/mol. The molecule has 21 heavy (non-hydrogen) atoms. The van der Waals surface area contributed by atoms with Gasteiger partial charge in [-0.25, -0.2) is 0 Å². The first-order valence-corrected chi connectivity index (χ1v) is 8.17. The molecule has 0 atom stereocenters. The molecule has 1 spiro atoms.